The number of ether oxygens (including phenoxy) is 4. The van der Waals surface area contributed by atoms with Crippen molar-refractivity contribution >= 4 is 23.4 Å². The molecule has 3 aromatic rings. The summed E-state index contributed by atoms with van der Waals surface area (Å²) in [5.74, 6) is 0.726. The zero-order valence-electron chi connectivity index (χ0n) is 20.6. The van der Waals surface area contributed by atoms with Gasteiger partial charge in [-0.2, -0.15) is 0 Å². The molecular weight excluding hydrogens is 480 g/mol. The molecule has 1 aromatic heterocycles. The number of aromatic nitrogens is 1. The molecule has 0 fully saturated rings. The van der Waals surface area contributed by atoms with Crippen LogP contribution < -0.4 is 24.4 Å². The minimum Gasteiger partial charge on any atom is -0.496 e. The highest BCUT2D eigenvalue weighted by Gasteiger charge is 2.35. The smallest absolute Gasteiger partial charge is 0.338 e. The van der Waals surface area contributed by atoms with Gasteiger partial charge in [-0.15, -0.1) is 0 Å². The number of carbonyl (C=O) groups excluding carboxylic acids is 1. The number of benzene rings is 2. The molecule has 2 heterocycles. The van der Waals surface area contributed by atoms with Gasteiger partial charge in [-0.25, -0.2) is 9.79 Å². The lowest BCUT2D eigenvalue weighted by Gasteiger charge is -2.26. The third-order valence-corrected chi connectivity index (χ3v) is 6.65. The van der Waals surface area contributed by atoms with Crippen molar-refractivity contribution in [3.63, 3.8) is 0 Å². The maximum atomic E-state index is 13.8. The fourth-order valence-corrected chi connectivity index (χ4v) is 5.12. The third kappa shape index (κ3) is 5.12. The van der Waals surface area contributed by atoms with E-state index in [-0.39, 0.29) is 24.3 Å². The Balaban J connectivity index is 1.89. The summed E-state index contributed by atoms with van der Waals surface area (Å²) in [5.41, 5.74) is 2.01. The average Bonchev–Trinajstić information content (AvgIpc) is 3.17. The second kappa shape index (κ2) is 11.4. The molecule has 1 atom stereocenters. The van der Waals surface area contributed by atoms with E-state index in [1.807, 2.05) is 55.5 Å². The number of methoxy groups -OCH3 is 2. The number of nitrogens with zero attached hydrogens (tertiary/aromatic N) is 2. The maximum Gasteiger partial charge on any atom is 0.338 e. The summed E-state index contributed by atoms with van der Waals surface area (Å²) in [6.07, 6.45) is 1.81. The van der Waals surface area contributed by atoms with E-state index in [9.17, 15) is 9.59 Å². The van der Waals surface area contributed by atoms with Crippen LogP contribution in [0, 0.1) is 0 Å². The van der Waals surface area contributed by atoms with Gasteiger partial charge < -0.3 is 18.9 Å². The van der Waals surface area contributed by atoms with E-state index in [1.54, 1.807) is 24.7 Å². The molecule has 0 amide bonds. The van der Waals surface area contributed by atoms with E-state index in [1.165, 1.54) is 18.4 Å². The molecule has 9 heteroatoms. The molecule has 1 aliphatic heterocycles. The van der Waals surface area contributed by atoms with Gasteiger partial charge >= 0.3 is 5.97 Å². The first-order valence-corrected chi connectivity index (χ1v) is 12.3. The van der Waals surface area contributed by atoms with Gasteiger partial charge in [0.2, 0.25) is 0 Å². The second-order valence-corrected chi connectivity index (χ2v) is 8.97. The lowest BCUT2D eigenvalue weighted by molar-refractivity contribution is -0.140. The molecular formula is C27H28N2O6S. The van der Waals surface area contributed by atoms with Crippen LogP contribution in [0.15, 0.2) is 69.6 Å². The van der Waals surface area contributed by atoms with Crippen molar-refractivity contribution in [2.75, 3.05) is 34.0 Å². The van der Waals surface area contributed by atoms with Gasteiger partial charge in [0, 0.05) is 12.7 Å². The Bertz CT molecular complexity index is 1470. The zero-order valence-corrected chi connectivity index (χ0v) is 21.5. The summed E-state index contributed by atoms with van der Waals surface area (Å²) >= 11 is 1.27. The van der Waals surface area contributed by atoms with Gasteiger partial charge in [0.25, 0.3) is 5.56 Å². The molecule has 0 N–H and O–H groups in total. The highest BCUT2D eigenvalue weighted by molar-refractivity contribution is 7.07. The normalized spacial score (nSPS) is 15.3. The maximum absolute atomic E-state index is 13.8. The van der Waals surface area contributed by atoms with Crippen LogP contribution in [0.25, 0.3) is 6.08 Å². The molecule has 1 aliphatic rings. The van der Waals surface area contributed by atoms with Gasteiger partial charge in [0.1, 0.15) is 24.1 Å². The number of carbonyl (C=O) groups is 1. The number of hydrogen-bond acceptors (Lipinski definition) is 8. The van der Waals surface area contributed by atoms with Crippen LogP contribution in [0.1, 0.15) is 31.0 Å². The van der Waals surface area contributed by atoms with Crippen molar-refractivity contribution in [2.45, 2.75) is 19.9 Å². The van der Waals surface area contributed by atoms with Crippen molar-refractivity contribution < 1.29 is 23.7 Å². The Morgan fingerprint density at radius 2 is 1.94 bits per heavy atom. The molecule has 0 saturated heterocycles. The summed E-state index contributed by atoms with van der Waals surface area (Å²) in [6.45, 7) is 4.57. The van der Waals surface area contributed by atoms with Crippen LogP contribution in [-0.2, 0) is 14.3 Å². The first kappa shape index (κ1) is 25.4. The molecule has 0 saturated carbocycles. The van der Waals surface area contributed by atoms with E-state index in [0.717, 1.165) is 11.3 Å². The number of fused-ring (bicyclic) bond motifs is 1. The number of esters is 1. The van der Waals surface area contributed by atoms with E-state index >= 15 is 0 Å². The van der Waals surface area contributed by atoms with Crippen LogP contribution in [0.2, 0.25) is 0 Å². The number of hydrogen-bond donors (Lipinski definition) is 0. The molecule has 0 bridgehead atoms. The molecule has 8 nitrogen and oxygen atoms in total. The van der Waals surface area contributed by atoms with E-state index in [4.69, 9.17) is 18.9 Å². The van der Waals surface area contributed by atoms with Gasteiger partial charge in [-0.1, -0.05) is 41.7 Å². The van der Waals surface area contributed by atoms with E-state index in [2.05, 4.69) is 4.99 Å². The van der Waals surface area contributed by atoms with Crippen LogP contribution in [0.4, 0.5) is 0 Å². The third-order valence-electron chi connectivity index (χ3n) is 5.66. The molecule has 1 unspecified atom stereocenters. The Morgan fingerprint density at radius 3 is 2.69 bits per heavy atom. The van der Waals surface area contributed by atoms with Crippen molar-refractivity contribution in [1.29, 1.82) is 0 Å². The van der Waals surface area contributed by atoms with E-state index in [0.29, 0.717) is 33.0 Å². The number of para-hydroxylation sites is 1. The standard InChI is InChI=1S/C27H28N2O6S/c1-5-34-19-10-8-9-18(15-19)16-22-25(30)29-24(20-11-6-7-12-21(20)33-4)23(17(2)28-27(29)36-22)26(31)35-14-13-32-3/h6-12,15-16,24H,5,13-14H2,1-4H3. The lowest BCUT2D eigenvalue weighted by Crippen LogP contribution is -2.40. The fourth-order valence-electron chi connectivity index (χ4n) is 4.08. The van der Waals surface area contributed by atoms with Crippen LogP contribution in [0.5, 0.6) is 11.5 Å². The predicted molar refractivity (Wildman–Crippen MR) is 137 cm³/mol. The van der Waals surface area contributed by atoms with Crippen molar-refractivity contribution in [3.8, 4) is 11.5 Å². The SMILES string of the molecule is CCOc1cccc(C=c2sc3n(c2=O)C(c2ccccc2OC)C(C(=O)OCCOC)=C(C)N=3)c1. The van der Waals surface area contributed by atoms with Crippen LogP contribution >= 0.6 is 11.3 Å². The van der Waals surface area contributed by atoms with Crippen molar-refractivity contribution in [1.82, 2.24) is 4.57 Å². The Kier molecular flexibility index (Phi) is 8.02. The quantitative estimate of drug-likeness (QED) is 0.326. The molecule has 0 radical (unpaired) electrons. The topological polar surface area (TPSA) is 88.4 Å². The van der Waals surface area contributed by atoms with Gasteiger partial charge in [-0.3, -0.25) is 9.36 Å². The summed E-state index contributed by atoms with van der Waals surface area (Å²) < 4.78 is 23.7. The summed E-state index contributed by atoms with van der Waals surface area (Å²) in [6, 6.07) is 14.1. The minimum absolute atomic E-state index is 0.0886. The summed E-state index contributed by atoms with van der Waals surface area (Å²) in [4.78, 5) is 32.1. The minimum atomic E-state index is -0.760. The Morgan fingerprint density at radius 1 is 1.14 bits per heavy atom. The molecule has 0 spiro atoms. The molecule has 36 heavy (non-hydrogen) atoms. The predicted octanol–water partition coefficient (Wildman–Crippen LogP) is 2.83. The second-order valence-electron chi connectivity index (χ2n) is 7.96. The largest absolute Gasteiger partial charge is 0.496 e. The molecule has 4 rings (SSSR count). The number of rotatable bonds is 9. The number of thiazole rings is 1. The van der Waals surface area contributed by atoms with Gasteiger partial charge in [0.05, 0.1) is 36.1 Å². The summed E-state index contributed by atoms with van der Waals surface area (Å²) in [7, 11) is 3.09. The average molecular weight is 509 g/mol. The van der Waals surface area contributed by atoms with Crippen molar-refractivity contribution in [2.24, 2.45) is 4.99 Å². The molecule has 0 aliphatic carbocycles. The first-order chi connectivity index (χ1) is 17.5. The van der Waals surface area contributed by atoms with Crippen molar-refractivity contribution in [3.05, 3.63) is 90.6 Å². The highest BCUT2D eigenvalue weighted by Crippen LogP contribution is 2.35. The zero-order chi connectivity index (χ0) is 25.7. The van der Waals surface area contributed by atoms with Crippen LogP contribution in [-0.4, -0.2) is 44.6 Å². The van der Waals surface area contributed by atoms with Gasteiger partial charge in [0.15, 0.2) is 4.80 Å². The molecule has 2 aromatic carbocycles. The fraction of sp³-hybridized carbons (Fsp3) is 0.296. The van der Waals surface area contributed by atoms with Gasteiger partial charge in [-0.05, 0) is 43.7 Å². The Hall–Kier alpha value is -3.69. The highest BCUT2D eigenvalue weighted by atomic mass is 32.1. The lowest BCUT2D eigenvalue weighted by atomic mass is 9.95. The summed E-state index contributed by atoms with van der Waals surface area (Å²) in [5, 5.41) is 0. The monoisotopic (exact) mass is 508 g/mol. The van der Waals surface area contributed by atoms with E-state index < -0.39 is 12.0 Å². The molecule has 188 valence electrons. The Labute approximate surface area is 212 Å². The number of allylic oxidation sites excluding steroid dienone is 1. The van der Waals surface area contributed by atoms with Crippen LogP contribution in [0.3, 0.4) is 0 Å². The first-order valence-electron chi connectivity index (χ1n) is 11.5.